The van der Waals surface area contributed by atoms with E-state index >= 15 is 0 Å². The summed E-state index contributed by atoms with van der Waals surface area (Å²) in [7, 11) is -2.39. The van der Waals surface area contributed by atoms with E-state index in [1.54, 1.807) is 0 Å². The molecule has 28 heavy (non-hydrogen) atoms. The SMILES string of the molecule is COc1ccc(S(=O)(=O)NC2CCNCC2C)cc1C1(C)NC(=O)NC1=O.Cl. The van der Waals surface area contributed by atoms with E-state index in [2.05, 4.69) is 20.7 Å². The monoisotopic (exact) mass is 432 g/mol. The Morgan fingerprint density at radius 1 is 1.29 bits per heavy atom. The number of imide groups is 1. The van der Waals surface area contributed by atoms with E-state index in [1.165, 1.54) is 32.2 Å². The van der Waals surface area contributed by atoms with E-state index in [9.17, 15) is 18.0 Å². The van der Waals surface area contributed by atoms with Crippen LogP contribution < -0.4 is 25.4 Å². The number of nitrogens with one attached hydrogen (secondary N) is 4. The van der Waals surface area contributed by atoms with Gasteiger partial charge in [-0.2, -0.15) is 0 Å². The molecule has 2 saturated heterocycles. The molecule has 0 aliphatic carbocycles. The number of piperidine rings is 1. The third-order valence-corrected chi connectivity index (χ3v) is 6.64. The number of benzene rings is 1. The number of methoxy groups -OCH3 is 1. The van der Waals surface area contributed by atoms with Crippen molar-refractivity contribution >= 4 is 34.4 Å². The maximum absolute atomic E-state index is 12.9. The van der Waals surface area contributed by atoms with E-state index in [0.29, 0.717) is 12.2 Å². The summed E-state index contributed by atoms with van der Waals surface area (Å²) in [6.07, 6.45) is 0.694. The highest BCUT2D eigenvalue weighted by molar-refractivity contribution is 7.89. The summed E-state index contributed by atoms with van der Waals surface area (Å²) in [4.78, 5) is 23.9. The summed E-state index contributed by atoms with van der Waals surface area (Å²) in [5, 5.41) is 7.93. The Labute approximate surface area is 170 Å². The van der Waals surface area contributed by atoms with E-state index in [1.807, 2.05) is 6.92 Å². The lowest BCUT2D eigenvalue weighted by Crippen LogP contribution is -2.48. The normalized spacial score (nSPS) is 27.5. The fourth-order valence-corrected chi connectivity index (χ4v) is 4.84. The molecule has 2 aliphatic rings. The average molecular weight is 433 g/mol. The minimum absolute atomic E-state index is 0. The first-order valence-electron chi connectivity index (χ1n) is 8.72. The smallest absolute Gasteiger partial charge is 0.322 e. The third-order valence-electron chi connectivity index (χ3n) is 5.16. The highest BCUT2D eigenvalue weighted by atomic mass is 35.5. The van der Waals surface area contributed by atoms with Crippen LogP contribution in [0.25, 0.3) is 0 Å². The van der Waals surface area contributed by atoms with E-state index in [-0.39, 0.29) is 34.8 Å². The van der Waals surface area contributed by atoms with Crippen molar-refractivity contribution in [1.29, 1.82) is 0 Å². The zero-order valence-electron chi connectivity index (χ0n) is 15.9. The van der Waals surface area contributed by atoms with Gasteiger partial charge in [0.15, 0.2) is 0 Å². The molecule has 3 amide bonds. The van der Waals surface area contributed by atoms with Crippen LogP contribution in [0.5, 0.6) is 5.75 Å². The van der Waals surface area contributed by atoms with Crippen LogP contribution >= 0.6 is 12.4 Å². The fraction of sp³-hybridized carbons (Fsp3) is 0.529. The Bertz CT molecular complexity index is 878. The van der Waals surface area contributed by atoms with Crippen LogP contribution in [-0.2, 0) is 20.4 Å². The molecule has 3 atom stereocenters. The molecule has 156 valence electrons. The molecule has 0 spiro atoms. The first-order valence-corrected chi connectivity index (χ1v) is 10.2. The molecule has 0 radical (unpaired) electrons. The van der Waals surface area contributed by atoms with Crippen LogP contribution in [-0.4, -0.2) is 46.6 Å². The molecular formula is C17H25ClN4O5S. The predicted molar refractivity (Wildman–Crippen MR) is 105 cm³/mol. The standard InChI is InChI=1S/C17H24N4O5S.ClH/c1-10-9-18-7-6-13(10)21-27(24,25)11-4-5-14(26-3)12(8-11)17(2)15(22)19-16(23)20-17;/h4-5,8,10,13,18,21H,6-7,9H2,1-3H3,(H2,19,20,22,23);1H. The maximum Gasteiger partial charge on any atom is 0.322 e. The summed E-state index contributed by atoms with van der Waals surface area (Å²) in [6, 6.07) is 3.47. The Morgan fingerprint density at radius 3 is 2.57 bits per heavy atom. The van der Waals surface area contributed by atoms with Gasteiger partial charge in [0.1, 0.15) is 11.3 Å². The molecule has 3 unspecified atom stereocenters. The van der Waals surface area contributed by atoms with Crippen molar-refractivity contribution in [2.24, 2.45) is 5.92 Å². The van der Waals surface area contributed by atoms with Gasteiger partial charge < -0.3 is 15.4 Å². The summed E-state index contributed by atoms with van der Waals surface area (Å²) in [5.74, 6) is -0.104. The zero-order valence-corrected chi connectivity index (χ0v) is 17.5. The molecule has 1 aromatic rings. The van der Waals surface area contributed by atoms with Crippen molar-refractivity contribution in [2.75, 3.05) is 20.2 Å². The van der Waals surface area contributed by atoms with Crippen LogP contribution in [0.15, 0.2) is 23.1 Å². The van der Waals surface area contributed by atoms with E-state index < -0.39 is 27.5 Å². The number of hydrogen-bond donors (Lipinski definition) is 4. The minimum Gasteiger partial charge on any atom is -0.496 e. The van der Waals surface area contributed by atoms with Crippen molar-refractivity contribution < 1.29 is 22.7 Å². The van der Waals surface area contributed by atoms with Gasteiger partial charge in [0.25, 0.3) is 5.91 Å². The number of urea groups is 1. The lowest BCUT2D eigenvalue weighted by molar-refractivity contribution is -0.123. The first kappa shape index (κ1) is 22.4. The Balaban J connectivity index is 0.00000280. The van der Waals surface area contributed by atoms with Gasteiger partial charge in [0.2, 0.25) is 10.0 Å². The van der Waals surface area contributed by atoms with Gasteiger partial charge in [-0.15, -0.1) is 12.4 Å². The van der Waals surface area contributed by atoms with Crippen LogP contribution in [0.1, 0.15) is 25.8 Å². The van der Waals surface area contributed by atoms with Crippen molar-refractivity contribution in [1.82, 2.24) is 20.7 Å². The molecule has 1 aromatic carbocycles. The molecule has 0 bridgehead atoms. The van der Waals surface area contributed by atoms with Crippen LogP contribution in [0.3, 0.4) is 0 Å². The van der Waals surface area contributed by atoms with Gasteiger partial charge in [-0.25, -0.2) is 17.9 Å². The summed E-state index contributed by atoms with van der Waals surface area (Å²) in [6.45, 7) is 4.98. The number of carbonyl (C=O) groups is 2. The van der Waals surface area contributed by atoms with Gasteiger partial charge in [0, 0.05) is 11.6 Å². The van der Waals surface area contributed by atoms with Crippen molar-refractivity contribution in [2.45, 2.75) is 36.7 Å². The van der Waals surface area contributed by atoms with Gasteiger partial charge in [0.05, 0.1) is 12.0 Å². The summed E-state index contributed by atoms with van der Waals surface area (Å²) in [5.41, 5.74) is -1.15. The van der Waals surface area contributed by atoms with Crippen LogP contribution in [0, 0.1) is 5.92 Å². The fourth-order valence-electron chi connectivity index (χ4n) is 3.43. The molecule has 2 aliphatic heterocycles. The summed E-state index contributed by atoms with van der Waals surface area (Å²) < 4.78 is 33.8. The number of halogens is 1. The molecule has 2 heterocycles. The number of ether oxygens (including phenoxy) is 1. The Hall–Kier alpha value is -1.88. The molecule has 0 saturated carbocycles. The number of sulfonamides is 1. The average Bonchev–Trinajstić information content (AvgIpc) is 2.89. The second-order valence-electron chi connectivity index (χ2n) is 7.09. The maximum atomic E-state index is 12.9. The van der Waals surface area contributed by atoms with Crippen molar-refractivity contribution in [3.05, 3.63) is 23.8 Å². The Kier molecular flexibility index (Phi) is 6.59. The third kappa shape index (κ3) is 4.09. The molecule has 3 rings (SSSR count). The second-order valence-corrected chi connectivity index (χ2v) is 8.81. The van der Waals surface area contributed by atoms with E-state index in [4.69, 9.17) is 4.74 Å². The number of hydrogen-bond acceptors (Lipinski definition) is 6. The Morgan fingerprint density at radius 2 is 2.00 bits per heavy atom. The first-order chi connectivity index (χ1) is 12.7. The van der Waals surface area contributed by atoms with Crippen molar-refractivity contribution in [3.63, 3.8) is 0 Å². The number of carbonyl (C=O) groups excluding carboxylic acids is 2. The van der Waals surface area contributed by atoms with E-state index in [0.717, 1.165) is 13.1 Å². The highest BCUT2D eigenvalue weighted by Gasteiger charge is 2.45. The lowest BCUT2D eigenvalue weighted by atomic mass is 9.91. The molecule has 4 N–H and O–H groups in total. The van der Waals surface area contributed by atoms with Gasteiger partial charge in [-0.3, -0.25) is 10.1 Å². The second kappa shape index (κ2) is 8.24. The van der Waals surface area contributed by atoms with Crippen LogP contribution in [0.4, 0.5) is 4.79 Å². The van der Waals surface area contributed by atoms with Gasteiger partial charge in [-0.1, -0.05) is 6.92 Å². The topological polar surface area (TPSA) is 126 Å². The lowest BCUT2D eigenvalue weighted by Gasteiger charge is -2.30. The van der Waals surface area contributed by atoms with Gasteiger partial charge in [-0.05, 0) is 50.6 Å². The molecule has 2 fully saturated rings. The van der Waals surface area contributed by atoms with Gasteiger partial charge >= 0.3 is 6.03 Å². The zero-order chi connectivity index (χ0) is 19.8. The van der Waals surface area contributed by atoms with Crippen molar-refractivity contribution in [3.8, 4) is 5.75 Å². The predicted octanol–water partition coefficient (Wildman–Crippen LogP) is 0.448. The molecule has 11 heteroatoms. The molecule has 9 nitrogen and oxygen atoms in total. The molecule has 0 aromatic heterocycles. The highest BCUT2D eigenvalue weighted by Crippen LogP contribution is 2.34. The summed E-state index contributed by atoms with van der Waals surface area (Å²) >= 11 is 0. The number of amides is 3. The largest absolute Gasteiger partial charge is 0.496 e. The molecular weight excluding hydrogens is 408 g/mol. The number of rotatable bonds is 5. The quantitative estimate of drug-likeness (QED) is 0.500. The minimum atomic E-state index is -3.81. The van der Waals surface area contributed by atoms with Crippen LogP contribution in [0.2, 0.25) is 0 Å².